The Morgan fingerprint density at radius 2 is 2.00 bits per heavy atom. The minimum absolute atomic E-state index is 0.0512. The van der Waals surface area contributed by atoms with Gasteiger partial charge in [-0.05, 0) is 38.2 Å². The molecule has 0 aliphatic carbocycles. The molecule has 1 spiro atoms. The summed E-state index contributed by atoms with van der Waals surface area (Å²) >= 11 is 0. The van der Waals surface area contributed by atoms with Gasteiger partial charge in [-0.1, -0.05) is 13.0 Å². The molecule has 6 atom stereocenters. The highest BCUT2D eigenvalue weighted by Crippen LogP contribution is 2.46. The van der Waals surface area contributed by atoms with Crippen LogP contribution in [0.2, 0.25) is 0 Å². The number of esters is 2. The van der Waals surface area contributed by atoms with Crippen molar-refractivity contribution in [2.24, 2.45) is 5.92 Å². The van der Waals surface area contributed by atoms with Gasteiger partial charge in [0.05, 0.1) is 12.1 Å². The zero-order valence-electron chi connectivity index (χ0n) is 14.9. The lowest BCUT2D eigenvalue weighted by Crippen LogP contribution is -2.48. The summed E-state index contributed by atoms with van der Waals surface area (Å²) in [5.41, 5.74) is -1.82. The van der Waals surface area contributed by atoms with Crippen LogP contribution in [0.4, 0.5) is 0 Å². The van der Waals surface area contributed by atoms with Crippen molar-refractivity contribution in [3.63, 3.8) is 0 Å². The topological polar surface area (TPSA) is 88.6 Å². The first-order valence-electron chi connectivity index (χ1n) is 8.97. The van der Waals surface area contributed by atoms with E-state index in [4.69, 9.17) is 14.2 Å². The maximum Gasteiger partial charge on any atom is 0.341 e. The van der Waals surface area contributed by atoms with Crippen molar-refractivity contribution in [2.45, 2.75) is 63.1 Å². The highest BCUT2D eigenvalue weighted by Gasteiger charge is 2.64. The summed E-state index contributed by atoms with van der Waals surface area (Å²) in [6, 6.07) is -0.0512. The summed E-state index contributed by atoms with van der Waals surface area (Å²) in [5, 5.41) is 10.7. The Hall–Kier alpha value is -1.44. The fraction of sp³-hybridized carbons (Fsp3) is 0.778. The Kier molecular flexibility index (Phi) is 3.76. The molecule has 0 radical (unpaired) electrons. The summed E-state index contributed by atoms with van der Waals surface area (Å²) in [6.07, 6.45) is 2.48. The van der Waals surface area contributed by atoms with Crippen LogP contribution in [0.5, 0.6) is 0 Å². The van der Waals surface area contributed by atoms with E-state index >= 15 is 0 Å². The molecule has 4 aliphatic heterocycles. The second kappa shape index (κ2) is 5.53. The van der Waals surface area contributed by atoms with Crippen LogP contribution in [-0.2, 0) is 23.8 Å². The summed E-state index contributed by atoms with van der Waals surface area (Å²) < 4.78 is 16.9. The van der Waals surface area contributed by atoms with Crippen molar-refractivity contribution in [1.29, 1.82) is 0 Å². The zero-order valence-corrected chi connectivity index (χ0v) is 14.9. The monoisotopic (exact) mass is 351 g/mol. The largest absolute Gasteiger partial charge is 0.459 e. The number of cyclic esters (lactones) is 1. The predicted molar refractivity (Wildman–Crippen MR) is 86.6 cm³/mol. The van der Waals surface area contributed by atoms with Gasteiger partial charge in [-0.3, -0.25) is 4.90 Å². The maximum absolute atomic E-state index is 12.9. The Labute approximate surface area is 146 Å². The summed E-state index contributed by atoms with van der Waals surface area (Å²) in [5.74, 6) is -1.55. The highest BCUT2D eigenvalue weighted by molar-refractivity contribution is 5.84. The maximum atomic E-state index is 12.9. The van der Waals surface area contributed by atoms with E-state index < -0.39 is 23.1 Å². The quantitative estimate of drug-likeness (QED) is 0.384. The Morgan fingerprint density at radius 1 is 1.28 bits per heavy atom. The van der Waals surface area contributed by atoms with Crippen LogP contribution in [0.15, 0.2) is 11.6 Å². The number of hydrogen-bond acceptors (Lipinski definition) is 7. The summed E-state index contributed by atoms with van der Waals surface area (Å²) in [6.45, 7) is 6.70. The first-order valence-corrected chi connectivity index (χ1v) is 8.97. The van der Waals surface area contributed by atoms with Crippen molar-refractivity contribution in [1.82, 2.24) is 4.90 Å². The molecule has 0 aromatic carbocycles. The molecule has 4 heterocycles. The van der Waals surface area contributed by atoms with Gasteiger partial charge in [0.25, 0.3) is 0 Å². The minimum atomic E-state index is -1.69. The lowest BCUT2D eigenvalue weighted by atomic mass is 9.82. The Balaban J connectivity index is 1.66. The van der Waals surface area contributed by atoms with Gasteiger partial charge in [0.1, 0.15) is 12.7 Å². The average Bonchev–Trinajstić information content (AvgIpc) is 2.91. The molecular formula is C18H25NO6. The average molecular weight is 351 g/mol. The van der Waals surface area contributed by atoms with Gasteiger partial charge in [-0.2, -0.15) is 0 Å². The second-order valence-corrected chi connectivity index (χ2v) is 7.93. The standard InChI is InChI=1S/C18H25NO6/c1-10-8-18(11(2)25-18)16(21)24-13-5-7-19-6-4-12(14(13)19)9-23-15(20)17(10,3)22/h4,10-11,13-14,22H,5-9H2,1-3H3/t10-,11+,13-,14-,17-,18-/m1/s1. The van der Waals surface area contributed by atoms with Gasteiger partial charge < -0.3 is 19.3 Å². The zero-order chi connectivity index (χ0) is 18.0. The fourth-order valence-corrected chi connectivity index (χ4v) is 4.31. The van der Waals surface area contributed by atoms with E-state index in [9.17, 15) is 14.7 Å². The first kappa shape index (κ1) is 17.0. The van der Waals surface area contributed by atoms with Crippen LogP contribution >= 0.6 is 0 Å². The van der Waals surface area contributed by atoms with Crippen LogP contribution < -0.4 is 0 Å². The number of carbonyl (C=O) groups is 2. The third kappa shape index (κ3) is 2.52. The number of carbonyl (C=O) groups excluding carboxylic acids is 2. The first-order chi connectivity index (χ1) is 11.8. The van der Waals surface area contributed by atoms with E-state index in [2.05, 4.69) is 4.90 Å². The number of epoxide rings is 1. The Morgan fingerprint density at radius 3 is 2.68 bits per heavy atom. The molecule has 0 unspecified atom stereocenters. The molecule has 3 fully saturated rings. The number of ether oxygens (including phenoxy) is 3. The van der Waals surface area contributed by atoms with Crippen molar-refractivity contribution in [3.05, 3.63) is 11.6 Å². The molecule has 7 nitrogen and oxygen atoms in total. The van der Waals surface area contributed by atoms with Crippen LogP contribution in [0.25, 0.3) is 0 Å². The number of rotatable bonds is 0. The lowest BCUT2D eigenvalue weighted by molar-refractivity contribution is -0.172. The molecule has 0 bridgehead atoms. The molecule has 3 saturated heterocycles. The normalized spacial score (nSPS) is 47.4. The van der Waals surface area contributed by atoms with Crippen LogP contribution in [0.1, 0.15) is 33.6 Å². The van der Waals surface area contributed by atoms with Gasteiger partial charge in [0, 0.05) is 13.1 Å². The van der Waals surface area contributed by atoms with E-state index in [1.807, 2.05) is 13.0 Å². The summed E-state index contributed by atoms with van der Waals surface area (Å²) in [7, 11) is 0. The molecule has 7 heteroatoms. The van der Waals surface area contributed by atoms with E-state index in [0.29, 0.717) is 0 Å². The smallest absolute Gasteiger partial charge is 0.341 e. The number of aliphatic hydroxyl groups is 1. The molecule has 0 saturated carbocycles. The molecule has 0 amide bonds. The van der Waals surface area contributed by atoms with Crippen LogP contribution in [0, 0.1) is 5.92 Å². The number of hydrogen-bond donors (Lipinski definition) is 1. The molecule has 1 N–H and O–H groups in total. The van der Waals surface area contributed by atoms with Crippen molar-refractivity contribution in [2.75, 3.05) is 19.7 Å². The van der Waals surface area contributed by atoms with Gasteiger partial charge >= 0.3 is 11.9 Å². The molecule has 4 rings (SSSR count). The van der Waals surface area contributed by atoms with E-state index in [0.717, 1.165) is 25.1 Å². The molecule has 4 aliphatic rings. The minimum Gasteiger partial charge on any atom is -0.459 e. The van der Waals surface area contributed by atoms with Crippen molar-refractivity contribution in [3.8, 4) is 0 Å². The van der Waals surface area contributed by atoms with Crippen LogP contribution in [0.3, 0.4) is 0 Å². The molecule has 0 aromatic rings. The SMILES string of the molecule is C[C@@H]1C[C@]2(O[C@H]2C)C(=O)O[C@@H]2CCN3CC=C(COC(=O)[C@]1(C)O)[C@H]23. The third-order valence-corrected chi connectivity index (χ3v) is 6.36. The van der Waals surface area contributed by atoms with E-state index in [-0.39, 0.29) is 37.2 Å². The lowest BCUT2D eigenvalue weighted by Gasteiger charge is -2.32. The second-order valence-electron chi connectivity index (χ2n) is 7.93. The third-order valence-electron chi connectivity index (χ3n) is 6.36. The van der Waals surface area contributed by atoms with Crippen LogP contribution in [-0.4, -0.2) is 71.1 Å². The highest BCUT2D eigenvalue weighted by atomic mass is 16.7. The summed E-state index contributed by atoms with van der Waals surface area (Å²) in [4.78, 5) is 27.5. The van der Waals surface area contributed by atoms with E-state index in [1.165, 1.54) is 6.92 Å². The Bertz CT molecular complexity index is 643. The fourth-order valence-electron chi connectivity index (χ4n) is 4.31. The van der Waals surface area contributed by atoms with Gasteiger partial charge in [-0.15, -0.1) is 0 Å². The van der Waals surface area contributed by atoms with Gasteiger partial charge in [-0.25, -0.2) is 9.59 Å². The number of nitrogens with zero attached hydrogens (tertiary/aromatic N) is 1. The van der Waals surface area contributed by atoms with Crippen molar-refractivity contribution >= 4 is 11.9 Å². The predicted octanol–water partition coefficient (Wildman–Crippen LogP) is 0.404. The molecule has 138 valence electrons. The molecular weight excluding hydrogens is 326 g/mol. The molecule has 0 aromatic heterocycles. The van der Waals surface area contributed by atoms with Gasteiger partial charge in [0.2, 0.25) is 0 Å². The van der Waals surface area contributed by atoms with E-state index in [1.54, 1.807) is 6.92 Å². The van der Waals surface area contributed by atoms with Gasteiger partial charge in [0.15, 0.2) is 11.2 Å². The molecule has 25 heavy (non-hydrogen) atoms. The van der Waals surface area contributed by atoms with Crippen molar-refractivity contribution < 1.29 is 28.9 Å².